The van der Waals surface area contributed by atoms with Crippen LogP contribution in [0, 0.1) is 5.92 Å². The van der Waals surface area contributed by atoms with Crippen LogP contribution in [-0.4, -0.2) is 36.8 Å². The molecule has 1 atom stereocenters. The van der Waals surface area contributed by atoms with Crippen LogP contribution in [0.1, 0.15) is 25.6 Å². The number of hydrogen-bond donors (Lipinski definition) is 0. The fraction of sp³-hybridized carbons (Fsp3) is 0.500. The molecule has 0 N–H and O–H groups in total. The van der Waals surface area contributed by atoms with Gasteiger partial charge in [0.15, 0.2) is 9.84 Å². The lowest BCUT2D eigenvalue weighted by Gasteiger charge is -2.35. The van der Waals surface area contributed by atoms with Gasteiger partial charge in [-0.2, -0.15) is 0 Å². The molecule has 0 saturated carbocycles. The van der Waals surface area contributed by atoms with E-state index in [1.165, 1.54) is 0 Å². The SMILES string of the molecule is CCS(=O)(=O)c1ccccc1N1CCCC(Cc2nccn2C)C1. The van der Waals surface area contributed by atoms with Gasteiger partial charge in [-0.1, -0.05) is 19.1 Å². The molecule has 6 heteroatoms. The van der Waals surface area contributed by atoms with Crippen molar-refractivity contribution in [1.29, 1.82) is 0 Å². The Bertz CT molecular complexity index is 798. The second-order valence-electron chi connectivity index (χ2n) is 6.48. The Hall–Kier alpha value is -1.82. The third-order valence-electron chi connectivity index (χ3n) is 4.83. The van der Waals surface area contributed by atoms with Gasteiger partial charge in [-0.3, -0.25) is 0 Å². The molecule has 1 aromatic carbocycles. The van der Waals surface area contributed by atoms with E-state index in [0.717, 1.165) is 43.9 Å². The zero-order valence-corrected chi connectivity index (χ0v) is 15.2. The van der Waals surface area contributed by atoms with E-state index >= 15 is 0 Å². The maximum absolute atomic E-state index is 12.4. The largest absolute Gasteiger partial charge is 0.370 e. The lowest BCUT2D eigenvalue weighted by atomic mass is 9.94. The topological polar surface area (TPSA) is 55.2 Å². The van der Waals surface area contributed by atoms with Gasteiger partial charge in [-0.05, 0) is 30.9 Å². The van der Waals surface area contributed by atoms with Crippen molar-refractivity contribution >= 4 is 15.5 Å². The Kier molecular flexibility index (Phi) is 4.94. The van der Waals surface area contributed by atoms with Crippen molar-refractivity contribution in [1.82, 2.24) is 9.55 Å². The number of para-hydroxylation sites is 1. The van der Waals surface area contributed by atoms with Crippen molar-refractivity contribution in [2.24, 2.45) is 13.0 Å². The summed E-state index contributed by atoms with van der Waals surface area (Å²) in [4.78, 5) is 7.13. The van der Waals surface area contributed by atoms with E-state index in [0.29, 0.717) is 10.8 Å². The number of anilines is 1. The summed E-state index contributed by atoms with van der Waals surface area (Å²) in [6.45, 7) is 3.49. The molecule has 2 aromatic rings. The van der Waals surface area contributed by atoms with Gasteiger partial charge in [0.1, 0.15) is 5.82 Å². The van der Waals surface area contributed by atoms with Gasteiger partial charge in [0.2, 0.25) is 0 Å². The van der Waals surface area contributed by atoms with E-state index < -0.39 is 9.84 Å². The van der Waals surface area contributed by atoms with Crippen LogP contribution < -0.4 is 4.90 Å². The number of benzene rings is 1. The molecular weight excluding hydrogens is 322 g/mol. The number of piperidine rings is 1. The third-order valence-corrected chi connectivity index (χ3v) is 6.61. The zero-order valence-electron chi connectivity index (χ0n) is 14.4. The maximum Gasteiger partial charge on any atom is 0.180 e. The van der Waals surface area contributed by atoms with Crippen molar-refractivity contribution < 1.29 is 8.42 Å². The van der Waals surface area contributed by atoms with E-state index in [-0.39, 0.29) is 5.75 Å². The van der Waals surface area contributed by atoms with Gasteiger partial charge in [0.05, 0.1) is 16.3 Å². The first kappa shape index (κ1) is 17.0. The summed E-state index contributed by atoms with van der Waals surface area (Å²) >= 11 is 0. The number of nitrogens with zero attached hydrogens (tertiary/aromatic N) is 3. The quantitative estimate of drug-likeness (QED) is 0.834. The van der Waals surface area contributed by atoms with Gasteiger partial charge < -0.3 is 9.47 Å². The summed E-state index contributed by atoms with van der Waals surface area (Å²) in [5.41, 5.74) is 0.851. The minimum Gasteiger partial charge on any atom is -0.370 e. The highest BCUT2D eigenvalue weighted by Gasteiger charge is 2.26. The van der Waals surface area contributed by atoms with Crippen LogP contribution in [0.15, 0.2) is 41.6 Å². The molecule has 24 heavy (non-hydrogen) atoms. The molecule has 1 unspecified atom stereocenters. The van der Waals surface area contributed by atoms with Gasteiger partial charge in [0.25, 0.3) is 0 Å². The van der Waals surface area contributed by atoms with Crippen molar-refractivity contribution in [2.45, 2.75) is 31.1 Å². The molecule has 1 aromatic heterocycles. The smallest absolute Gasteiger partial charge is 0.180 e. The van der Waals surface area contributed by atoms with Gasteiger partial charge in [-0.25, -0.2) is 13.4 Å². The average molecular weight is 347 g/mol. The van der Waals surface area contributed by atoms with Crippen molar-refractivity contribution in [3.63, 3.8) is 0 Å². The van der Waals surface area contributed by atoms with Crippen LogP contribution in [0.4, 0.5) is 5.69 Å². The molecule has 3 rings (SSSR count). The van der Waals surface area contributed by atoms with Crippen LogP contribution in [0.3, 0.4) is 0 Å². The van der Waals surface area contributed by atoms with Gasteiger partial charge in [0, 0.05) is 39.0 Å². The van der Waals surface area contributed by atoms with Crippen LogP contribution in [0.25, 0.3) is 0 Å². The standard InChI is InChI=1S/C18H25N3O2S/c1-3-24(22,23)17-9-5-4-8-16(17)21-11-6-7-15(14-21)13-18-19-10-12-20(18)2/h4-5,8-10,12,15H,3,6-7,11,13-14H2,1-2H3. The molecular formula is C18H25N3O2S. The molecule has 0 spiro atoms. The molecule has 1 fully saturated rings. The highest BCUT2D eigenvalue weighted by Crippen LogP contribution is 2.30. The number of rotatable bonds is 5. The Labute approximate surface area is 144 Å². The van der Waals surface area contributed by atoms with Crippen molar-refractivity contribution in [2.75, 3.05) is 23.7 Å². The fourth-order valence-electron chi connectivity index (χ4n) is 3.44. The predicted molar refractivity (Wildman–Crippen MR) is 96.0 cm³/mol. The highest BCUT2D eigenvalue weighted by atomic mass is 32.2. The van der Waals surface area contributed by atoms with Gasteiger partial charge in [-0.15, -0.1) is 0 Å². The van der Waals surface area contributed by atoms with Gasteiger partial charge >= 0.3 is 0 Å². The molecule has 0 aliphatic carbocycles. The van der Waals surface area contributed by atoms with E-state index in [1.807, 2.05) is 31.6 Å². The zero-order chi connectivity index (χ0) is 17.2. The van der Waals surface area contributed by atoms with Crippen LogP contribution >= 0.6 is 0 Å². The molecule has 1 aliphatic rings. The minimum absolute atomic E-state index is 0.133. The van der Waals surface area contributed by atoms with Crippen molar-refractivity contribution in [3.05, 3.63) is 42.5 Å². The third kappa shape index (κ3) is 3.48. The van der Waals surface area contributed by atoms with Crippen LogP contribution in [0.5, 0.6) is 0 Å². The molecule has 130 valence electrons. The fourth-order valence-corrected chi connectivity index (χ4v) is 4.55. The number of aromatic nitrogens is 2. The molecule has 2 heterocycles. The first-order valence-electron chi connectivity index (χ1n) is 8.54. The first-order valence-corrected chi connectivity index (χ1v) is 10.2. The van der Waals surface area contributed by atoms with E-state index in [9.17, 15) is 8.42 Å². The summed E-state index contributed by atoms with van der Waals surface area (Å²) in [6.07, 6.45) is 6.97. The monoisotopic (exact) mass is 347 g/mol. The Morgan fingerprint density at radius 2 is 2.08 bits per heavy atom. The molecule has 0 amide bonds. The molecule has 0 bridgehead atoms. The second-order valence-corrected chi connectivity index (χ2v) is 8.73. The van der Waals surface area contributed by atoms with E-state index in [1.54, 1.807) is 19.1 Å². The normalized spacial score (nSPS) is 18.8. The van der Waals surface area contributed by atoms with Crippen molar-refractivity contribution in [3.8, 4) is 0 Å². The Balaban J connectivity index is 1.82. The molecule has 1 saturated heterocycles. The summed E-state index contributed by atoms with van der Waals surface area (Å²) in [6, 6.07) is 7.40. The number of aryl methyl sites for hydroxylation is 1. The number of imidazole rings is 1. The maximum atomic E-state index is 12.4. The first-order chi connectivity index (χ1) is 11.5. The molecule has 1 aliphatic heterocycles. The number of hydrogen-bond acceptors (Lipinski definition) is 4. The summed E-state index contributed by atoms with van der Waals surface area (Å²) < 4.78 is 26.9. The highest BCUT2D eigenvalue weighted by molar-refractivity contribution is 7.91. The lowest BCUT2D eigenvalue weighted by molar-refractivity contribution is 0.402. The van der Waals surface area contributed by atoms with E-state index in [2.05, 4.69) is 14.5 Å². The predicted octanol–water partition coefficient (Wildman–Crippen LogP) is 2.67. The summed E-state index contributed by atoms with van der Waals surface area (Å²) in [7, 11) is -1.19. The van der Waals surface area contributed by atoms with Crippen LogP contribution in [-0.2, 0) is 23.3 Å². The van der Waals surface area contributed by atoms with E-state index in [4.69, 9.17) is 0 Å². The Morgan fingerprint density at radius 3 is 2.79 bits per heavy atom. The van der Waals surface area contributed by atoms with Crippen LogP contribution in [0.2, 0.25) is 0 Å². The lowest BCUT2D eigenvalue weighted by Crippen LogP contribution is -2.37. The Morgan fingerprint density at radius 1 is 1.29 bits per heavy atom. The second kappa shape index (κ2) is 6.97. The summed E-state index contributed by atoms with van der Waals surface area (Å²) in [5.74, 6) is 1.72. The minimum atomic E-state index is -3.21. The number of sulfone groups is 1. The molecule has 0 radical (unpaired) electrons. The average Bonchev–Trinajstić information content (AvgIpc) is 3.00. The summed E-state index contributed by atoms with van der Waals surface area (Å²) in [5, 5.41) is 0. The molecule has 5 nitrogen and oxygen atoms in total.